The van der Waals surface area contributed by atoms with Crippen LogP contribution < -0.4 is 10.5 Å². The summed E-state index contributed by atoms with van der Waals surface area (Å²) in [7, 11) is 0. The van der Waals surface area contributed by atoms with Crippen LogP contribution in [0.4, 0.5) is 19.1 Å². The van der Waals surface area contributed by atoms with E-state index >= 15 is 0 Å². The molecule has 0 unspecified atom stereocenters. The van der Waals surface area contributed by atoms with Gasteiger partial charge in [-0.3, -0.25) is 4.98 Å². The van der Waals surface area contributed by atoms with Gasteiger partial charge in [0.1, 0.15) is 18.1 Å². The van der Waals surface area contributed by atoms with Crippen LogP contribution in [-0.4, -0.2) is 52.9 Å². The number of rotatable bonds is 10. The van der Waals surface area contributed by atoms with Gasteiger partial charge < -0.3 is 20.7 Å². The molecule has 0 aliphatic carbocycles. The molecule has 0 aliphatic rings. The molecule has 0 spiro atoms. The number of nitrogens with two attached hydrogens (primary N) is 1. The molecule has 4 rings (SSSR count). The predicted molar refractivity (Wildman–Crippen MR) is 132 cm³/mol. The van der Waals surface area contributed by atoms with Crippen LogP contribution in [0.15, 0.2) is 36.4 Å². The average molecular weight is 530 g/mol. The summed E-state index contributed by atoms with van der Waals surface area (Å²) in [6.45, 7) is 2.83. The van der Waals surface area contributed by atoms with Crippen LogP contribution in [0.1, 0.15) is 36.1 Å². The molecule has 1 aromatic carbocycles. The van der Waals surface area contributed by atoms with E-state index in [4.69, 9.17) is 10.5 Å². The Bertz CT molecular complexity index is 1410. The molecule has 0 aliphatic heterocycles. The van der Waals surface area contributed by atoms with Gasteiger partial charge in [0.2, 0.25) is 11.8 Å². The first-order chi connectivity index (χ1) is 18.2. The lowest BCUT2D eigenvalue weighted by Crippen LogP contribution is -2.23. The number of benzene rings is 1. The molecular weight excluding hydrogens is 503 g/mol. The Balaban J connectivity index is 1.85. The molecule has 0 radical (unpaired) electrons. The third-order valence-corrected chi connectivity index (χ3v) is 5.69. The molecule has 1 atom stereocenters. The lowest BCUT2D eigenvalue weighted by molar-refractivity contribution is 0.0760. The molecule has 200 valence electrons. The largest absolute Gasteiger partial charge is 0.471 e. The van der Waals surface area contributed by atoms with Crippen LogP contribution in [0.25, 0.3) is 22.4 Å². The first-order valence-electron chi connectivity index (χ1n) is 11.7. The third-order valence-electron chi connectivity index (χ3n) is 5.69. The number of nitrogens with zero attached hydrogens (tertiary/aromatic N) is 6. The Labute approximate surface area is 216 Å². The Hall–Kier alpha value is -4.10. The summed E-state index contributed by atoms with van der Waals surface area (Å²) in [4.78, 5) is 12.5. The Morgan fingerprint density at radius 3 is 2.47 bits per heavy atom. The highest BCUT2D eigenvalue weighted by atomic mass is 19.3. The predicted octanol–water partition coefficient (Wildman–Crippen LogP) is 3.26. The summed E-state index contributed by atoms with van der Waals surface area (Å²) < 4.78 is 48.4. The second kappa shape index (κ2) is 11.5. The van der Waals surface area contributed by atoms with Gasteiger partial charge in [0, 0.05) is 11.3 Å². The molecular formula is C25H26F3N7O3. The minimum atomic E-state index is -2.83. The minimum absolute atomic E-state index is 0.0137. The Kier molecular flexibility index (Phi) is 8.17. The van der Waals surface area contributed by atoms with E-state index in [-0.39, 0.29) is 36.2 Å². The highest BCUT2D eigenvalue weighted by Gasteiger charge is 2.23. The van der Waals surface area contributed by atoms with Crippen LogP contribution in [0.5, 0.6) is 5.88 Å². The normalized spacial score (nSPS) is 12.2. The van der Waals surface area contributed by atoms with Gasteiger partial charge in [-0.05, 0) is 55.3 Å². The van der Waals surface area contributed by atoms with Gasteiger partial charge in [0.15, 0.2) is 0 Å². The number of anilines is 1. The van der Waals surface area contributed by atoms with Crippen molar-refractivity contribution in [2.24, 2.45) is 0 Å². The van der Waals surface area contributed by atoms with Gasteiger partial charge >= 0.3 is 0 Å². The number of halogens is 3. The lowest BCUT2D eigenvalue weighted by atomic mass is 9.99. The van der Waals surface area contributed by atoms with Crippen molar-refractivity contribution in [1.29, 1.82) is 0 Å². The average Bonchev–Trinajstić information content (AvgIpc) is 3.28. The van der Waals surface area contributed by atoms with Gasteiger partial charge in [-0.2, -0.15) is 4.98 Å². The van der Waals surface area contributed by atoms with Crippen molar-refractivity contribution in [2.75, 3.05) is 12.3 Å². The summed E-state index contributed by atoms with van der Waals surface area (Å²) in [6, 6.07) is 8.25. The van der Waals surface area contributed by atoms with E-state index in [9.17, 15) is 23.4 Å². The van der Waals surface area contributed by atoms with E-state index in [0.717, 1.165) is 0 Å². The summed E-state index contributed by atoms with van der Waals surface area (Å²) in [6.07, 6.45) is -3.38. The number of aryl methyl sites for hydroxylation is 2. The molecule has 0 saturated carbocycles. The first-order valence-corrected chi connectivity index (χ1v) is 11.7. The van der Waals surface area contributed by atoms with E-state index in [2.05, 4.69) is 25.3 Å². The van der Waals surface area contributed by atoms with Gasteiger partial charge in [-0.1, -0.05) is 12.1 Å². The van der Waals surface area contributed by atoms with E-state index in [0.29, 0.717) is 34.6 Å². The number of nitrogen functional groups attached to an aromatic ring is 1. The number of hydrogen-bond donors (Lipinski definition) is 3. The number of aliphatic hydroxyl groups is 2. The Morgan fingerprint density at radius 2 is 1.82 bits per heavy atom. The van der Waals surface area contributed by atoms with Crippen molar-refractivity contribution in [1.82, 2.24) is 29.9 Å². The third kappa shape index (κ3) is 5.89. The van der Waals surface area contributed by atoms with Crippen molar-refractivity contribution in [3.8, 4) is 28.3 Å². The number of pyridine rings is 1. The van der Waals surface area contributed by atoms with Crippen molar-refractivity contribution in [2.45, 2.75) is 45.9 Å². The standard InChI is InChI=1S/C25H26F3N7O3/c1-3-18-20(35(34-33-18)10-17(37)11-36)12-38-24-21(15-8-13(2)30-19(9-15)23(27)28)22(31-25(29)32-24)14-4-6-16(26)7-5-14/h4-9,17,23,36-37H,3,10-12H2,1-2H3,(H2,29,31,32)/t17-/m0/s1. The monoisotopic (exact) mass is 529 g/mol. The summed E-state index contributed by atoms with van der Waals surface area (Å²) in [5.41, 5.74) is 8.27. The fraction of sp³-hybridized carbons (Fsp3) is 0.320. The maximum atomic E-state index is 13.7. The van der Waals surface area contributed by atoms with Crippen LogP contribution in [-0.2, 0) is 19.6 Å². The second-order valence-electron chi connectivity index (χ2n) is 8.48. The molecule has 0 saturated heterocycles. The molecule has 10 nitrogen and oxygen atoms in total. The van der Waals surface area contributed by atoms with E-state index in [1.807, 2.05) is 6.92 Å². The van der Waals surface area contributed by atoms with Crippen molar-refractivity contribution >= 4 is 5.95 Å². The van der Waals surface area contributed by atoms with Gasteiger partial charge in [0.25, 0.3) is 6.43 Å². The minimum Gasteiger partial charge on any atom is -0.471 e. The van der Waals surface area contributed by atoms with Crippen LogP contribution in [0, 0.1) is 12.7 Å². The number of ether oxygens (including phenoxy) is 1. The van der Waals surface area contributed by atoms with Crippen LogP contribution in [0.3, 0.4) is 0 Å². The Morgan fingerprint density at radius 1 is 1.08 bits per heavy atom. The fourth-order valence-corrected chi connectivity index (χ4v) is 3.93. The first kappa shape index (κ1) is 26.9. The molecule has 4 N–H and O–H groups in total. The van der Waals surface area contributed by atoms with Gasteiger partial charge in [-0.25, -0.2) is 22.8 Å². The van der Waals surface area contributed by atoms with E-state index in [1.165, 1.54) is 35.0 Å². The quantitative estimate of drug-likeness (QED) is 0.282. The smallest absolute Gasteiger partial charge is 0.280 e. The molecule has 0 bridgehead atoms. The summed E-state index contributed by atoms with van der Waals surface area (Å²) in [5, 5.41) is 27.3. The summed E-state index contributed by atoms with van der Waals surface area (Å²) >= 11 is 0. The molecule has 3 heterocycles. The SMILES string of the molecule is CCc1nnn(C[C@H](O)CO)c1COc1nc(N)nc(-c2ccc(F)cc2)c1-c1cc(C)nc(C(F)F)c1. The molecule has 3 aromatic heterocycles. The molecule has 13 heteroatoms. The molecule has 38 heavy (non-hydrogen) atoms. The fourth-order valence-electron chi connectivity index (χ4n) is 3.93. The van der Waals surface area contributed by atoms with Crippen molar-refractivity contribution in [3.05, 3.63) is 65.0 Å². The zero-order valence-corrected chi connectivity index (χ0v) is 20.6. The number of alkyl halides is 2. The van der Waals surface area contributed by atoms with Gasteiger partial charge in [-0.15, -0.1) is 5.10 Å². The van der Waals surface area contributed by atoms with E-state index < -0.39 is 30.6 Å². The van der Waals surface area contributed by atoms with Crippen LogP contribution in [0.2, 0.25) is 0 Å². The van der Waals surface area contributed by atoms with Crippen LogP contribution >= 0.6 is 0 Å². The van der Waals surface area contributed by atoms with Crippen molar-refractivity contribution < 1.29 is 28.1 Å². The zero-order valence-electron chi connectivity index (χ0n) is 20.6. The number of aliphatic hydroxyl groups excluding tert-OH is 2. The summed E-state index contributed by atoms with van der Waals surface area (Å²) in [5.74, 6) is -0.632. The molecule has 0 amide bonds. The topological polar surface area (TPSA) is 145 Å². The maximum Gasteiger partial charge on any atom is 0.280 e. The zero-order chi connectivity index (χ0) is 27.4. The number of hydrogen-bond acceptors (Lipinski definition) is 9. The lowest BCUT2D eigenvalue weighted by Gasteiger charge is -2.17. The maximum absolute atomic E-state index is 13.7. The van der Waals surface area contributed by atoms with Crippen molar-refractivity contribution in [3.63, 3.8) is 0 Å². The highest BCUT2D eigenvalue weighted by molar-refractivity contribution is 5.85. The molecule has 0 fully saturated rings. The highest BCUT2D eigenvalue weighted by Crippen LogP contribution is 2.39. The van der Waals surface area contributed by atoms with Gasteiger partial charge in [0.05, 0.1) is 41.9 Å². The second-order valence-corrected chi connectivity index (χ2v) is 8.48. The number of aromatic nitrogens is 6. The van der Waals surface area contributed by atoms with E-state index in [1.54, 1.807) is 13.0 Å². The molecule has 4 aromatic rings.